The molecule has 4 nitrogen and oxygen atoms in total. The Balaban J connectivity index is 1.97. The van der Waals surface area contributed by atoms with Gasteiger partial charge in [-0.2, -0.15) is 5.10 Å². The average molecular weight is 229 g/mol. The van der Waals surface area contributed by atoms with Gasteiger partial charge in [0.25, 0.3) is 0 Å². The number of hydrogen-bond acceptors (Lipinski definition) is 3. The summed E-state index contributed by atoms with van der Waals surface area (Å²) >= 11 is 5.45. The van der Waals surface area contributed by atoms with Crippen LogP contribution in [-0.2, 0) is 11.3 Å². The van der Waals surface area contributed by atoms with Crippen LogP contribution in [0.1, 0.15) is 23.2 Å². The molecule has 0 aliphatic carbocycles. The molecule has 0 unspecified atom stereocenters. The minimum Gasteiger partial charge on any atom is -0.376 e. The van der Waals surface area contributed by atoms with Gasteiger partial charge in [-0.1, -0.05) is 0 Å². The molecule has 5 heteroatoms. The number of ketones is 1. The second-order valence-corrected chi connectivity index (χ2v) is 3.91. The van der Waals surface area contributed by atoms with Crippen molar-refractivity contribution in [3.05, 3.63) is 18.0 Å². The molecule has 0 spiro atoms. The van der Waals surface area contributed by atoms with Crippen molar-refractivity contribution in [2.24, 2.45) is 0 Å². The van der Waals surface area contributed by atoms with Crippen molar-refractivity contribution in [2.45, 2.75) is 25.5 Å². The van der Waals surface area contributed by atoms with Crippen molar-refractivity contribution in [2.75, 3.05) is 12.5 Å². The average Bonchev–Trinajstić information content (AvgIpc) is 2.88. The van der Waals surface area contributed by atoms with Crippen molar-refractivity contribution in [1.29, 1.82) is 0 Å². The third-order valence-corrected chi connectivity index (χ3v) is 2.73. The number of carbonyl (C=O) groups is 1. The van der Waals surface area contributed by atoms with Gasteiger partial charge in [0.15, 0.2) is 5.78 Å². The molecule has 1 aromatic heterocycles. The van der Waals surface area contributed by atoms with Crippen molar-refractivity contribution in [1.82, 2.24) is 9.78 Å². The first-order chi connectivity index (χ1) is 7.29. The highest BCUT2D eigenvalue weighted by Gasteiger charge is 2.17. The van der Waals surface area contributed by atoms with Crippen molar-refractivity contribution in [3.8, 4) is 0 Å². The molecular weight excluding hydrogens is 216 g/mol. The number of nitrogens with zero attached hydrogens (tertiary/aromatic N) is 2. The summed E-state index contributed by atoms with van der Waals surface area (Å²) in [5.41, 5.74) is 0.572. The van der Waals surface area contributed by atoms with Gasteiger partial charge in [0, 0.05) is 12.8 Å². The molecule has 1 aliphatic heterocycles. The number of carbonyl (C=O) groups excluding carboxylic acids is 1. The van der Waals surface area contributed by atoms with Crippen molar-refractivity contribution < 1.29 is 9.53 Å². The monoisotopic (exact) mass is 228 g/mol. The predicted molar refractivity (Wildman–Crippen MR) is 56.3 cm³/mol. The minimum atomic E-state index is -0.0877. The van der Waals surface area contributed by atoms with E-state index in [1.54, 1.807) is 17.1 Å². The Hall–Kier alpha value is -0.870. The van der Waals surface area contributed by atoms with E-state index in [0.29, 0.717) is 5.56 Å². The summed E-state index contributed by atoms with van der Waals surface area (Å²) in [6, 6.07) is 0. The summed E-state index contributed by atoms with van der Waals surface area (Å²) in [6.07, 6.45) is 5.70. The molecule has 1 aromatic rings. The SMILES string of the molecule is O=C(CCl)c1cnn(C[C@H]2CCCO2)c1. The smallest absolute Gasteiger partial charge is 0.180 e. The lowest BCUT2D eigenvalue weighted by Gasteiger charge is -2.08. The van der Waals surface area contributed by atoms with E-state index < -0.39 is 0 Å². The molecule has 2 rings (SSSR count). The van der Waals surface area contributed by atoms with E-state index in [0.717, 1.165) is 26.0 Å². The van der Waals surface area contributed by atoms with Gasteiger partial charge in [-0.25, -0.2) is 0 Å². The Morgan fingerprint density at radius 3 is 3.27 bits per heavy atom. The van der Waals surface area contributed by atoms with Crippen LogP contribution in [0.5, 0.6) is 0 Å². The van der Waals surface area contributed by atoms with Crippen LogP contribution in [0.25, 0.3) is 0 Å². The number of Topliss-reactive ketones (excluding diaryl/α,β-unsaturated/α-hetero) is 1. The van der Waals surface area contributed by atoms with E-state index in [1.807, 2.05) is 0 Å². The van der Waals surface area contributed by atoms with Crippen LogP contribution in [-0.4, -0.2) is 34.2 Å². The third-order valence-electron chi connectivity index (χ3n) is 2.49. The summed E-state index contributed by atoms with van der Waals surface area (Å²) in [5.74, 6) is -0.0821. The highest BCUT2D eigenvalue weighted by atomic mass is 35.5. The topological polar surface area (TPSA) is 44.1 Å². The Morgan fingerprint density at radius 2 is 2.60 bits per heavy atom. The Morgan fingerprint density at radius 1 is 1.73 bits per heavy atom. The first-order valence-electron chi connectivity index (χ1n) is 5.03. The van der Waals surface area contributed by atoms with Gasteiger partial charge >= 0.3 is 0 Å². The number of aromatic nitrogens is 2. The van der Waals surface area contributed by atoms with E-state index in [2.05, 4.69) is 5.10 Å². The number of hydrogen-bond donors (Lipinski definition) is 0. The van der Waals surface area contributed by atoms with E-state index >= 15 is 0 Å². The van der Waals surface area contributed by atoms with Crippen LogP contribution in [0.4, 0.5) is 0 Å². The summed E-state index contributed by atoms with van der Waals surface area (Å²) in [4.78, 5) is 11.2. The molecule has 2 heterocycles. The molecule has 1 fully saturated rings. The van der Waals surface area contributed by atoms with Gasteiger partial charge in [-0.3, -0.25) is 9.48 Å². The molecule has 15 heavy (non-hydrogen) atoms. The standard InChI is InChI=1S/C10H13ClN2O2/c11-4-10(14)8-5-12-13(6-8)7-9-2-1-3-15-9/h5-6,9H,1-4,7H2/t9-/m1/s1. The molecule has 0 N–H and O–H groups in total. The number of rotatable bonds is 4. The first kappa shape index (κ1) is 10.6. The summed E-state index contributed by atoms with van der Waals surface area (Å²) < 4.78 is 7.23. The third kappa shape index (κ3) is 2.58. The van der Waals surface area contributed by atoms with Crippen molar-refractivity contribution in [3.63, 3.8) is 0 Å². The zero-order valence-electron chi connectivity index (χ0n) is 8.36. The van der Waals surface area contributed by atoms with Gasteiger partial charge in [0.05, 0.1) is 30.3 Å². The van der Waals surface area contributed by atoms with Crippen LogP contribution >= 0.6 is 11.6 Å². The highest BCUT2D eigenvalue weighted by molar-refractivity contribution is 6.30. The van der Waals surface area contributed by atoms with E-state index in [4.69, 9.17) is 16.3 Å². The Kier molecular flexibility index (Phi) is 3.38. The van der Waals surface area contributed by atoms with Crippen LogP contribution in [0, 0.1) is 0 Å². The molecule has 0 radical (unpaired) electrons. The maximum Gasteiger partial charge on any atom is 0.180 e. The normalized spacial score (nSPS) is 20.7. The number of alkyl halides is 1. The minimum absolute atomic E-state index is 0.00558. The zero-order valence-corrected chi connectivity index (χ0v) is 9.11. The van der Waals surface area contributed by atoms with Gasteiger partial charge in [0.2, 0.25) is 0 Å². The molecule has 0 amide bonds. The Bertz CT molecular complexity index is 345. The second kappa shape index (κ2) is 4.77. The molecule has 0 aromatic carbocycles. The lowest BCUT2D eigenvalue weighted by molar-refractivity contribution is 0.0937. The van der Waals surface area contributed by atoms with E-state index in [1.165, 1.54) is 0 Å². The summed E-state index contributed by atoms with van der Waals surface area (Å²) in [7, 11) is 0. The van der Waals surface area contributed by atoms with Crippen LogP contribution < -0.4 is 0 Å². The Labute approximate surface area is 93.2 Å². The van der Waals surface area contributed by atoms with E-state index in [-0.39, 0.29) is 17.8 Å². The molecule has 1 aliphatic rings. The maximum atomic E-state index is 11.2. The summed E-state index contributed by atoms with van der Waals surface area (Å²) in [6.45, 7) is 1.55. The quantitative estimate of drug-likeness (QED) is 0.579. The van der Waals surface area contributed by atoms with Gasteiger partial charge in [-0.05, 0) is 12.8 Å². The molecule has 1 atom stereocenters. The maximum absolute atomic E-state index is 11.2. The second-order valence-electron chi connectivity index (χ2n) is 3.64. The fraction of sp³-hybridized carbons (Fsp3) is 0.600. The fourth-order valence-corrected chi connectivity index (χ4v) is 1.84. The van der Waals surface area contributed by atoms with Crippen LogP contribution in [0.2, 0.25) is 0 Å². The number of ether oxygens (including phenoxy) is 1. The molecule has 0 saturated carbocycles. The van der Waals surface area contributed by atoms with Gasteiger partial charge < -0.3 is 4.74 Å². The van der Waals surface area contributed by atoms with Crippen molar-refractivity contribution >= 4 is 17.4 Å². The molecule has 0 bridgehead atoms. The van der Waals surface area contributed by atoms with E-state index in [9.17, 15) is 4.79 Å². The molecule has 1 saturated heterocycles. The van der Waals surface area contributed by atoms with Crippen LogP contribution in [0.3, 0.4) is 0 Å². The summed E-state index contributed by atoms with van der Waals surface area (Å²) in [5, 5.41) is 4.11. The largest absolute Gasteiger partial charge is 0.376 e. The van der Waals surface area contributed by atoms with Gasteiger partial charge in [0.1, 0.15) is 0 Å². The lowest BCUT2D eigenvalue weighted by atomic mass is 10.2. The van der Waals surface area contributed by atoms with Crippen LogP contribution in [0.15, 0.2) is 12.4 Å². The van der Waals surface area contributed by atoms with Gasteiger partial charge in [-0.15, -0.1) is 11.6 Å². The lowest BCUT2D eigenvalue weighted by Crippen LogP contribution is -2.15. The predicted octanol–water partition coefficient (Wildman–Crippen LogP) is 1.48. The highest BCUT2D eigenvalue weighted by Crippen LogP contribution is 2.14. The molecule has 82 valence electrons. The number of halogens is 1. The zero-order chi connectivity index (χ0) is 10.7. The first-order valence-corrected chi connectivity index (χ1v) is 5.56. The molecular formula is C10H13ClN2O2. The fourth-order valence-electron chi connectivity index (χ4n) is 1.68.